The molecule has 8 heteroatoms. The Morgan fingerprint density at radius 2 is 1.57 bits per heavy atom. The number of methoxy groups -OCH3 is 3. The Bertz CT molecular complexity index is 1270. The van der Waals surface area contributed by atoms with E-state index in [1.54, 1.807) is 19.1 Å². The van der Waals surface area contributed by atoms with Crippen molar-refractivity contribution in [3.63, 3.8) is 0 Å². The lowest BCUT2D eigenvalue weighted by molar-refractivity contribution is -0.129. The molecule has 1 saturated heterocycles. The maximum absolute atomic E-state index is 14.2. The second-order valence-corrected chi connectivity index (χ2v) is 10.5. The van der Waals surface area contributed by atoms with Crippen LogP contribution in [-0.2, 0) is 10.2 Å². The van der Waals surface area contributed by atoms with E-state index in [2.05, 4.69) is 37.9 Å². The van der Waals surface area contributed by atoms with Gasteiger partial charge in [0.05, 0.1) is 21.3 Å². The van der Waals surface area contributed by atoms with Gasteiger partial charge in [-0.1, -0.05) is 20.8 Å². The van der Waals surface area contributed by atoms with Gasteiger partial charge in [0.2, 0.25) is 11.7 Å². The summed E-state index contributed by atoms with van der Waals surface area (Å²) < 4.78 is 16.5. The van der Waals surface area contributed by atoms with Gasteiger partial charge in [-0.05, 0) is 49.2 Å². The number of likely N-dealkylation sites (tertiary alicyclic amines) is 1. The molecule has 2 heterocycles. The van der Waals surface area contributed by atoms with E-state index in [0.29, 0.717) is 48.7 Å². The number of hydrogen-bond acceptors (Lipinski definition) is 5. The fourth-order valence-electron chi connectivity index (χ4n) is 4.95. The molecule has 1 aliphatic heterocycles. The van der Waals surface area contributed by atoms with E-state index >= 15 is 0 Å². The molecule has 0 aliphatic carbocycles. The molecule has 198 valence electrons. The predicted octanol–water partition coefficient (Wildman–Crippen LogP) is 5.15. The summed E-state index contributed by atoms with van der Waals surface area (Å²) in [5, 5.41) is 1.05. The Kier molecular flexibility index (Phi) is 7.39. The summed E-state index contributed by atoms with van der Waals surface area (Å²) in [5.41, 5.74) is 3.39. The lowest BCUT2D eigenvalue weighted by atomic mass is 9.92. The third-order valence-corrected chi connectivity index (χ3v) is 7.10. The van der Waals surface area contributed by atoms with Gasteiger partial charge in [0.1, 0.15) is 0 Å². The van der Waals surface area contributed by atoms with Crippen LogP contribution in [0, 0.1) is 0 Å². The van der Waals surface area contributed by atoms with Gasteiger partial charge in [0.15, 0.2) is 11.5 Å². The second-order valence-electron chi connectivity index (χ2n) is 10.5. The van der Waals surface area contributed by atoms with Crippen molar-refractivity contribution in [1.29, 1.82) is 0 Å². The first-order chi connectivity index (χ1) is 17.6. The lowest BCUT2D eigenvalue weighted by Crippen LogP contribution is -2.48. The maximum Gasteiger partial charge on any atom is 0.258 e. The Morgan fingerprint density at radius 1 is 0.946 bits per heavy atom. The van der Waals surface area contributed by atoms with E-state index in [4.69, 9.17) is 14.2 Å². The average Bonchev–Trinajstić information content (AvgIpc) is 3.32. The van der Waals surface area contributed by atoms with Crippen LogP contribution in [0.25, 0.3) is 10.9 Å². The Balaban J connectivity index is 1.79. The number of hydrogen-bond donors (Lipinski definition) is 1. The molecule has 0 saturated carbocycles. The van der Waals surface area contributed by atoms with Crippen molar-refractivity contribution in [2.24, 2.45) is 0 Å². The van der Waals surface area contributed by atoms with Crippen LogP contribution >= 0.6 is 0 Å². The number of benzene rings is 2. The van der Waals surface area contributed by atoms with Crippen LogP contribution in [0.15, 0.2) is 36.4 Å². The highest BCUT2D eigenvalue weighted by Crippen LogP contribution is 2.39. The van der Waals surface area contributed by atoms with E-state index in [9.17, 15) is 9.59 Å². The summed E-state index contributed by atoms with van der Waals surface area (Å²) >= 11 is 0. The molecule has 0 spiro atoms. The topological polar surface area (TPSA) is 84.1 Å². The molecular weight excluding hydrogens is 470 g/mol. The highest BCUT2D eigenvalue weighted by Gasteiger charge is 2.32. The van der Waals surface area contributed by atoms with Crippen LogP contribution in [0.3, 0.4) is 0 Å². The van der Waals surface area contributed by atoms with Crippen LogP contribution in [0.5, 0.6) is 17.2 Å². The maximum atomic E-state index is 14.2. The summed E-state index contributed by atoms with van der Waals surface area (Å²) in [7, 11) is 4.61. The van der Waals surface area contributed by atoms with E-state index in [-0.39, 0.29) is 23.3 Å². The van der Waals surface area contributed by atoms with Gasteiger partial charge in [-0.2, -0.15) is 0 Å². The fourth-order valence-corrected chi connectivity index (χ4v) is 4.95. The van der Waals surface area contributed by atoms with Gasteiger partial charge < -0.3 is 29.0 Å². The lowest BCUT2D eigenvalue weighted by Gasteiger charge is -2.38. The number of carbonyl (C=O) groups is 2. The number of anilines is 1. The van der Waals surface area contributed by atoms with Gasteiger partial charge in [0.25, 0.3) is 5.91 Å². The number of aromatic nitrogens is 1. The number of carbonyl (C=O) groups excluding carboxylic acids is 2. The number of ether oxygens (including phenoxy) is 3. The monoisotopic (exact) mass is 507 g/mol. The molecular formula is C29H37N3O5. The quantitative estimate of drug-likeness (QED) is 0.499. The van der Waals surface area contributed by atoms with Crippen molar-refractivity contribution < 1.29 is 23.8 Å². The first-order valence-corrected chi connectivity index (χ1v) is 12.6. The van der Waals surface area contributed by atoms with Gasteiger partial charge >= 0.3 is 0 Å². The largest absolute Gasteiger partial charge is 0.493 e. The zero-order valence-electron chi connectivity index (χ0n) is 22.8. The molecule has 1 N–H and O–H groups in total. The number of nitrogens with zero attached hydrogens (tertiary/aromatic N) is 2. The minimum absolute atomic E-state index is 0.0234. The van der Waals surface area contributed by atoms with Gasteiger partial charge in [-0.3, -0.25) is 9.59 Å². The number of aromatic amines is 1. The molecule has 1 aromatic heterocycles. The molecule has 0 bridgehead atoms. The number of fused-ring (bicyclic) bond motifs is 1. The molecule has 4 rings (SSSR count). The van der Waals surface area contributed by atoms with Crippen molar-refractivity contribution >= 4 is 28.4 Å². The van der Waals surface area contributed by atoms with E-state index in [1.807, 2.05) is 21.9 Å². The average molecular weight is 508 g/mol. The van der Waals surface area contributed by atoms with Gasteiger partial charge in [0, 0.05) is 59.3 Å². The molecule has 0 unspecified atom stereocenters. The van der Waals surface area contributed by atoms with Crippen LogP contribution < -0.4 is 19.1 Å². The van der Waals surface area contributed by atoms with Crippen LogP contribution in [0.2, 0.25) is 0 Å². The third kappa shape index (κ3) is 5.24. The van der Waals surface area contributed by atoms with E-state index in [1.165, 1.54) is 21.3 Å². The number of H-pyrrole nitrogens is 1. The van der Waals surface area contributed by atoms with Gasteiger partial charge in [-0.25, -0.2) is 0 Å². The molecule has 0 atom stereocenters. The summed E-state index contributed by atoms with van der Waals surface area (Å²) in [6, 6.07) is 11.5. The van der Waals surface area contributed by atoms with Crippen LogP contribution in [0.4, 0.5) is 5.69 Å². The highest BCUT2D eigenvalue weighted by atomic mass is 16.5. The first kappa shape index (κ1) is 26.4. The van der Waals surface area contributed by atoms with Gasteiger partial charge in [-0.15, -0.1) is 0 Å². The van der Waals surface area contributed by atoms with E-state index in [0.717, 1.165) is 22.3 Å². The minimum Gasteiger partial charge on any atom is -0.493 e. The standard InChI is InChI=1S/C29H37N3O5/c1-18(33)31-12-10-21(11-13-31)32(22-8-9-23-19(14-22)17-26(30-23)29(2,3)4)28(34)20-15-24(35-5)27(37-7)25(16-20)36-6/h8-9,14-17,21,30H,10-13H2,1-7H3. The van der Waals surface area contributed by atoms with Crippen molar-refractivity contribution in [2.45, 2.75) is 52.0 Å². The fraction of sp³-hybridized carbons (Fsp3) is 0.448. The van der Waals surface area contributed by atoms with E-state index < -0.39 is 0 Å². The number of rotatable bonds is 6. The first-order valence-electron chi connectivity index (χ1n) is 12.6. The highest BCUT2D eigenvalue weighted by molar-refractivity contribution is 6.08. The summed E-state index contributed by atoms with van der Waals surface area (Å²) in [5.74, 6) is 1.18. The minimum atomic E-state index is -0.161. The zero-order chi connectivity index (χ0) is 26.9. The SMILES string of the molecule is COc1cc(C(=O)N(c2ccc3[nH]c(C(C)(C)C)cc3c2)C2CCN(C(C)=O)CC2)cc(OC)c1OC. The molecule has 2 aromatic carbocycles. The molecule has 2 amide bonds. The Hall–Kier alpha value is -3.68. The van der Waals surface area contributed by atoms with Crippen LogP contribution in [-0.4, -0.2) is 62.2 Å². The summed E-state index contributed by atoms with van der Waals surface area (Å²) in [4.78, 5) is 33.3. The van der Waals surface area contributed by atoms with Crippen molar-refractivity contribution in [2.75, 3.05) is 39.3 Å². The zero-order valence-corrected chi connectivity index (χ0v) is 22.8. The number of piperidine rings is 1. The molecule has 0 radical (unpaired) electrons. The molecule has 8 nitrogen and oxygen atoms in total. The van der Waals surface area contributed by atoms with Crippen LogP contribution in [0.1, 0.15) is 56.6 Å². The molecule has 37 heavy (non-hydrogen) atoms. The summed E-state index contributed by atoms with van der Waals surface area (Å²) in [6.45, 7) is 9.32. The molecule has 3 aromatic rings. The third-order valence-electron chi connectivity index (χ3n) is 7.10. The van der Waals surface area contributed by atoms with Crippen molar-refractivity contribution in [1.82, 2.24) is 9.88 Å². The Labute approximate surface area is 218 Å². The van der Waals surface area contributed by atoms with Crippen molar-refractivity contribution in [3.05, 3.63) is 47.7 Å². The molecule has 1 fully saturated rings. The second kappa shape index (κ2) is 10.4. The Morgan fingerprint density at radius 3 is 2.08 bits per heavy atom. The normalized spacial score (nSPS) is 14.5. The summed E-state index contributed by atoms with van der Waals surface area (Å²) in [6.07, 6.45) is 1.38. The predicted molar refractivity (Wildman–Crippen MR) is 145 cm³/mol. The number of amides is 2. The number of nitrogens with one attached hydrogen (secondary N) is 1. The molecule has 1 aliphatic rings. The smallest absolute Gasteiger partial charge is 0.258 e. The van der Waals surface area contributed by atoms with Crippen molar-refractivity contribution in [3.8, 4) is 17.2 Å².